The lowest BCUT2D eigenvalue weighted by Crippen LogP contribution is -2.31. The normalized spacial score (nSPS) is 11.7. The van der Waals surface area contributed by atoms with Gasteiger partial charge in [-0.2, -0.15) is 5.10 Å². The molecule has 0 radical (unpaired) electrons. The van der Waals surface area contributed by atoms with E-state index in [0.29, 0.717) is 10.8 Å². The Bertz CT molecular complexity index is 1010. The van der Waals surface area contributed by atoms with E-state index >= 15 is 0 Å². The first kappa shape index (κ1) is 20.5. The number of aryl methyl sites for hydroxylation is 2. The van der Waals surface area contributed by atoms with Crippen molar-refractivity contribution in [2.75, 3.05) is 6.61 Å². The molecule has 1 amide bonds. The third kappa shape index (κ3) is 5.20. The first-order valence-electron chi connectivity index (χ1n) is 9.05. The van der Waals surface area contributed by atoms with Gasteiger partial charge in [-0.05, 0) is 56.7 Å². The summed E-state index contributed by atoms with van der Waals surface area (Å²) < 4.78 is 6.78. The van der Waals surface area contributed by atoms with Gasteiger partial charge in [-0.3, -0.25) is 4.79 Å². The number of nitrogens with one attached hydrogen (secondary N) is 1. The zero-order chi connectivity index (χ0) is 21.0. The summed E-state index contributed by atoms with van der Waals surface area (Å²) in [6.07, 6.45) is 1.41. The summed E-state index contributed by atoms with van der Waals surface area (Å²) >= 11 is 5.86. The van der Waals surface area contributed by atoms with Gasteiger partial charge >= 0.3 is 5.97 Å². The van der Waals surface area contributed by atoms with Gasteiger partial charge in [0.25, 0.3) is 5.91 Å². The lowest BCUT2D eigenvalue weighted by atomic mass is 10.1. The van der Waals surface area contributed by atoms with Crippen LogP contribution in [0.4, 0.5) is 0 Å². The molecule has 0 spiro atoms. The second-order valence-electron chi connectivity index (χ2n) is 6.66. The van der Waals surface area contributed by atoms with Crippen molar-refractivity contribution >= 4 is 23.5 Å². The predicted molar refractivity (Wildman–Crippen MR) is 109 cm³/mol. The molecule has 0 bridgehead atoms. The first-order valence-corrected chi connectivity index (χ1v) is 9.43. The molecule has 1 aromatic carbocycles. The number of nitrogens with zero attached hydrogens (tertiary/aromatic N) is 3. The van der Waals surface area contributed by atoms with Crippen molar-refractivity contribution in [2.45, 2.75) is 26.8 Å². The molecule has 1 N–H and O–H groups in total. The van der Waals surface area contributed by atoms with Crippen molar-refractivity contribution in [3.8, 4) is 5.82 Å². The van der Waals surface area contributed by atoms with Gasteiger partial charge in [0.05, 0.1) is 17.3 Å². The van der Waals surface area contributed by atoms with Crippen molar-refractivity contribution in [2.24, 2.45) is 0 Å². The average Bonchev–Trinajstić information content (AvgIpc) is 3.04. The summed E-state index contributed by atoms with van der Waals surface area (Å²) in [4.78, 5) is 28.5. The minimum Gasteiger partial charge on any atom is -0.452 e. The molecule has 3 rings (SSSR count). The second-order valence-corrected chi connectivity index (χ2v) is 7.10. The van der Waals surface area contributed by atoms with Crippen LogP contribution in [0.15, 0.2) is 48.7 Å². The molecule has 2 aromatic heterocycles. The second kappa shape index (κ2) is 8.87. The number of hydrogen-bond acceptors (Lipinski definition) is 5. The van der Waals surface area contributed by atoms with Gasteiger partial charge in [0.15, 0.2) is 12.4 Å². The monoisotopic (exact) mass is 412 g/mol. The van der Waals surface area contributed by atoms with Crippen LogP contribution >= 0.6 is 11.6 Å². The largest absolute Gasteiger partial charge is 0.452 e. The van der Waals surface area contributed by atoms with E-state index in [0.717, 1.165) is 17.0 Å². The number of ether oxygens (including phenoxy) is 1. The van der Waals surface area contributed by atoms with E-state index in [1.807, 2.05) is 39.0 Å². The lowest BCUT2D eigenvalue weighted by molar-refractivity contribution is -0.124. The maximum Gasteiger partial charge on any atom is 0.340 e. The number of amides is 1. The zero-order valence-electron chi connectivity index (χ0n) is 16.3. The van der Waals surface area contributed by atoms with E-state index in [1.165, 1.54) is 6.20 Å². The number of aromatic nitrogens is 3. The van der Waals surface area contributed by atoms with Gasteiger partial charge in [-0.15, -0.1) is 0 Å². The Morgan fingerprint density at radius 1 is 1.17 bits per heavy atom. The summed E-state index contributed by atoms with van der Waals surface area (Å²) in [7, 11) is 0. The van der Waals surface area contributed by atoms with E-state index in [-0.39, 0.29) is 18.2 Å². The molecule has 1 atom stereocenters. The van der Waals surface area contributed by atoms with Crippen LogP contribution in [0.5, 0.6) is 0 Å². The molecule has 0 aliphatic rings. The molecule has 29 heavy (non-hydrogen) atoms. The van der Waals surface area contributed by atoms with Crippen molar-refractivity contribution in [1.29, 1.82) is 0 Å². The van der Waals surface area contributed by atoms with Crippen molar-refractivity contribution in [3.63, 3.8) is 0 Å². The van der Waals surface area contributed by atoms with Crippen molar-refractivity contribution in [3.05, 3.63) is 76.2 Å². The molecular formula is C21H21ClN4O3. The Balaban J connectivity index is 1.54. The molecule has 2 heterocycles. The molecular weight excluding hydrogens is 392 g/mol. The van der Waals surface area contributed by atoms with Crippen LogP contribution in [0.2, 0.25) is 5.02 Å². The maximum absolute atomic E-state index is 12.2. The van der Waals surface area contributed by atoms with E-state index in [4.69, 9.17) is 16.3 Å². The number of pyridine rings is 1. The molecule has 3 aromatic rings. The van der Waals surface area contributed by atoms with Crippen LogP contribution in [0.3, 0.4) is 0 Å². The molecule has 0 saturated carbocycles. The molecule has 0 saturated heterocycles. The SMILES string of the molecule is Cc1cc(C)n(-c2ccc(C(=O)OCC(=O)NC(C)c3ccc(Cl)cc3)cn2)n1. The zero-order valence-corrected chi connectivity index (χ0v) is 17.1. The average molecular weight is 413 g/mol. The quantitative estimate of drug-likeness (QED) is 0.625. The fraction of sp³-hybridized carbons (Fsp3) is 0.238. The highest BCUT2D eigenvalue weighted by atomic mass is 35.5. The van der Waals surface area contributed by atoms with Gasteiger partial charge in [0.1, 0.15) is 0 Å². The van der Waals surface area contributed by atoms with Gasteiger partial charge in [0.2, 0.25) is 0 Å². The molecule has 150 valence electrons. The summed E-state index contributed by atoms with van der Waals surface area (Å²) in [5.41, 5.74) is 2.98. The molecule has 0 aliphatic heterocycles. The summed E-state index contributed by atoms with van der Waals surface area (Å²) in [6, 6.07) is 12.1. The number of carbonyl (C=O) groups is 2. The van der Waals surface area contributed by atoms with Crippen LogP contribution in [0.1, 0.15) is 40.3 Å². The van der Waals surface area contributed by atoms with E-state index in [2.05, 4.69) is 15.4 Å². The van der Waals surface area contributed by atoms with E-state index in [9.17, 15) is 9.59 Å². The third-order valence-corrected chi connectivity index (χ3v) is 4.54. The van der Waals surface area contributed by atoms with Gasteiger partial charge < -0.3 is 10.1 Å². The van der Waals surface area contributed by atoms with Crippen molar-refractivity contribution < 1.29 is 14.3 Å². The van der Waals surface area contributed by atoms with E-state index in [1.54, 1.807) is 28.9 Å². The lowest BCUT2D eigenvalue weighted by Gasteiger charge is -2.14. The molecule has 0 fully saturated rings. The molecule has 0 aliphatic carbocycles. The fourth-order valence-corrected chi connectivity index (χ4v) is 2.95. The van der Waals surface area contributed by atoms with Gasteiger partial charge in [0, 0.05) is 16.9 Å². The van der Waals surface area contributed by atoms with E-state index < -0.39 is 11.9 Å². The number of benzene rings is 1. The smallest absolute Gasteiger partial charge is 0.340 e. The van der Waals surface area contributed by atoms with Crippen LogP contribution in [-0.4, -0.2) is 33.2 Å². The Morgan fingerprint density at radius 2 is 1.90 bits per heavy atom. The van der Waals surface area contributed by atoms with Crippen LogP contribution in [-0.2, 0) is 9.53 Å². The van der Waals surface area contributed by atoms with Crippen LogP contribution in [0.25, 0.3) is 5.82 Å². The maximum atomic E-state index is 12.2. The van der Waals surface area contributed by atoms with Crippen LogP contribution in [0, 0.1) is 13.8 Å². The topological polar surface area (TPSA) is 86.1 Å². The Kier molecular flexibility index (Phi) is 6.29. The molecule has 7 nitrogen and oxygen atoms in total. The predicted octanol–water partition coefficient (Wildman–Crippen LogP) is 3.57. The Hall–Kier alpha value is -3.19. The van der Waals surface area contributed by atoms with Crippen LogP contribution < -0.4 is 5.32 Å². The third-order valence-electron chi connectivity index (χ3n) is 4.29. The minimum absolute atomic E-state index is 0.236. The Labute approximate surface area is 173 Å². The molecule has 1 unspecified atom stereocenters. The standard InChI is InChI=1S/C21H21ClN4O3/c1-13-10-14(2)26(25-13)19-9-6-17(11-23-19)21(28)29-12-20(27)24-15(3)16-4-7-18(22)8-5-16/h4-11,15H,12H2,1-3H3,(H,24,27). The molecule has 8 heteroatoms. The number of hydrogen-bond donors (Lipinski definition) is 1. The number of rotatable bonds is 6. The Morgan fingerprint density at radius 3 is 2.48 bits per heavy atom. The van der Waals surface area contributed by atoms with Crippen molar-refractivity contribution in [1.82, 2.24) is 20.1 Å². The summed E-state index contributed by atoms with van der Waals surface area (Å²) in [5, 5.41) is 7.75. The number of halogens is 1. The number of esters is 1. The summed E-state index contributed by atoms with van der Waals surface area (Å²) in [6.45, 7) is 5.28. The van der Waals surface area contributed by atoms with Gasteiger partial charge in [-0.1, -0.05) is 23.7 Å². The number of carbonyl (C=O) groups excluding carboxylic acids is 2. The first-order chi connectivity index (χ1) is 13.8. The van der Waals surface area contributed by atoms with Gasteiger partial charge in [-0.25, -0.2) is 14.5 Å². The highest BCUT2D eigenvalue weighted by Crippen LogP contribution is 2.16. The fourth-order valence-electron chi connectivity index (χ4n) is 2.83. The minimum atomic E-state index is -0.619. The highest BCUT2D eigenvalue weighted by Gasteiger charge is 2.14. The highest BCUT2D eigenvalue weighted by molar-refractivity contribution is 6.30. The summed E-state index contributed by atoms with van der Waals surface area (Å²) in [5.74, 6) is -0.415.